The van der Waals surface area contributed by atoms with Crippen LogP contribution in [0.5, 0.6) is 17.4 Å². The number of aryl methyl sites for hydroxylation is 2. The molecule has 2 aromatic rings. The quantitative estimate of drug-likeness (QED) is 0.827. The Labute approximate surface area is 158 Å². The zero-order valence-electron chi connectivity index (χ0n) is 15.6. The van der Waals surface area contributed by atoms with Crippen molar-refractivity contribution >= 4 is 5.91 Å². The van der Waals surface area contributed by atoms with Gasteiger partial charge in [0.1, 0.15) is 18.5 Å². The summed E-state index contributed by atoms with van der Waals surface area (Å²) in [5, 5.41) is 0. The van der Waals surface area contributed by atoms with Crippen LogP contribution in [0, 0.1) is 13.8 Å². The van der Waals surface area contributed by atoms with Crippen LogP contribution >= 0.6 is 0 Å². The van der Waals surface area contributed by atoms with Crippen LogP contribution < -0.4 is 14.2 Å². The lowest BCUT2D eigenvalue weighted by Gasteiger charge is -2.35. The van der Waals surface area contributed by atoms with Crippen molar-refractivity contribution in [2.75, 3.05) is 19.7 Å². The number of amides is 1. The first kappa shape index (κ1) is 17.6. The van der Waals surface area contributed by atoms with Gasteiger partial charge in [-0.05, 0) is 38.8 Å². The maximum absolute atomic E-state index is 12.9. The molecule has 0 aliphatic carbocycles. The van der Waals surface area contributed by atoms with Gasteiger partial charge in [0.2, 0.25) is 12.0 Å². The Bertz CT molecular complexity index is 821. The van der Waals surface area contributed by atoms with E-state index in [9.17, 15) is 4.79 Å². The Hall–Kier alpha value is -2.83. The third-order valence-corrected chi connectivity index (χ3v) is 4.70. The molecule has 1 aromatic heterocycles. The Morgan fingerprint density at radius 2 is 2.04 bits per heavy atom. The summed E-state index contributed by atoms with van der Waals surface area (Å²) in [4.78, 5) is 23.3. The van der Waals surface area contributed by atoms with Crippen molar-refractivity contribution in [2.45, 2.75) is 38.9 Å². The molecule has 1 amide bonds. The van der Waals surface area contributed by atoms with Crippen LogP contribution in [0.15, 0.2) is 30.3 Å². The van der Waals surface area contributed by atoms with E-state index in [0.717, 1.165) is 18.5 Å². The van der Waals surface area contributed by atoms with Gasteiger partial charge in [-0.3, -0.25) is 4.79 Å². The van der Waals surface area contributed by atoms with Crippen LogP contribution in [0.2, 0.25) is 0 Å². The normalized spacial score (nSPS) is 21.6. The first-order valence-electron chi connectivity index (χ1n) is 9.25. The van der Waals surface area contributed by atoms with E-state index >= 15 is 0 Å². The van der Waals surface area contributed by atoms with Gasteiger partial charge in [-0.25, -0.2) is 4.98 Å². The molecule has 0 radical (unpaired) electrons. The highest BCUT2D eigenvalue weighted by molar-refractivity contribution is 5.82. The molecule has 4 rings (SSSR count). The predicted octanol–water partition coefficient (Wildman–Crippen LogP) is 2.30. The first-order valence-corrected chi connectivity index (χ1v) is 9.25. The van der Waals surface area contributed by atoms with E-state index in [4.69, 9.17) is 14.2 Å². The number of carbonyl (C=O) groups is 1. The fraction of sp³-hybridized carbons (Fsp3) is 0.450. The lowest BCUT2D eigenvalue weighted by Crippen LogP contribution is -2.51. The minimum absolute atomic E-state index is 0.0622. The Balaban J connectivity index is 1.40. The molecular weight excluding hydrogens is 346 g/mol. The van der Waals surface area contributed by atoms with Crippen LogP contribution in [-0.2, 0) is 4.79 Å². The maximum Gasteiger partial charge on any atom is 0.267 e. The van der Waals surface area contributed by atoms with Crippen LogP contribution in [0.3, 0.4) is 0 Å². The maximum atomic E-state index is 12.9. The number of ether oxygens (including phenoxy) is 3. The molecule has 0 N–H and O–H groups in total. The number of aromatic nitrogens is 2. The number of nitrogens with zero attached hydrogens (tertiary/aromatic N) is 3. The van der Waals surface area contributed by atoms with Crippen molar-refractivity contribution in [3.63, 3.8) is 0 Å². The Morgan fingerprint density at radius 1 is 1.22 bits per heavy atom. The fourth-order valence-electron chi connectivity index (χ4n) is 3.49. The van der Waals surface area contributed by atoms with Gasteiger partial charge in [0.25, 0.3) is 5.91 Å². The molecule has 2 unspecified atom stereocenters. The molecule has 0 saturated carbocycles. The fourth-order valence-corrected chi connectivity index (χ4v) is 3.49. The number of likely N-dealkylation sites (tertiary alicyclic amines) is 1. The highest BCUT2D eigenvalue weighted by Gasteiger charge is 2.34. The van der Waals surface area contributed by atoms with E-state index in [2.05, 4.69) is 9.97 Å². The molecule has 1 fully saturated rings. The highest BCUT2D eigenvalue weighted by Crippen LogP contribution is 2.31. The Morgan fingerprint density at radius 3 is 2.85 bits per heavy atom. The summed E-state index contributed by atoms with van der Waals surface area (Å²) in [5.41, 5.74) is 0.868. The molecule has 0 spiro atoms. The Kier molecular flexibility index (Phi) is 4.83. The molecule has 1 saturated heterocycles. The molecule has 2 aliphatic rings. The summed E-state index contributed by atoms with van der Waals surface area (Å²) in [6, 6.07) is 9.23. The number of fused-ring (bicyclic) bond motifs is 1. The lowest BCUT2D eigenvalue weighted by atomic mass is 10.1. The number of rotatable bonds is 3. The average molecular weight is 369 g/mol. The van der Waals surface area contributed by atoms with E-state index in [1.165, 1.54) is 0 Å². The number of para-hydroxylation sites is 2. The van der Waals surface area contributed by atoms with Crippen LogP contribution in [0.1, 0.15) is 24.4 Å². The summed E-state index contributed by atoms with van der Waals surface area (Å²) in [6.45, 7) is 5.19. The van der Waals surface area contributed by atoms with Crippen LogP contribution in [0.25, 0.3) is 0 Å². The summed E-state index contributed by atoms with van der Waals surface area (Å²) >= 11 is 0. The zero-order chi connectivity index (χ0) is 18.8. The minimum atomic E-state index is -0.623. The van der Waals surface area contributed by atoms with E-state index in [1.54, 1.807) is 4.90 Å². The number of carbonyl (C=O) groups excluding carboxylic acids is 1. The molecule has 2 aliphatic heterocycles. The summed E-state index contributed by atoms with van der Waals surface area (Å²) in [6.07, 6.45) is 1.05. The van der Waals surface area contributed by atoms with E-state index in [-0.39, 0.29) is 18.6 Å². The van der Waals surface area contributed by atoms with Gasteiger partial charge in [-0.15, -0.1) is 0 Å². The van der Waals surface area contributed by atoms with Gasteiger partial charge in [-0.2, -0.15) is 4.98 Å². The number of hydrogen-bond donors (Lipinski definition) is 0. The summed E-state index contributed by atoms with van der Waals surface area (Å²) in [7, 11) is 0. The molecule has 3 heterocycles. The molecule has 0 bridgehead atoms. The van der Waals surface area contributed by atoms with Crippen molar-refractivity contribution in [1.82, 2.24) is 14.9 Å². The van der Waals surface area contributed by atoms with Gasteiger partial charge in [0.05, 0.1) is 6.54 Å². The van der Waals surface area contributed by atoms with E-state index < -0.39 is 6.10 Å². The summed E-state index contributed by atoms with van der Waals surface area (Å²) in [5.74, 6) is 2.47. The van der Waals surface area contributed by atoms with Gasteiger partial charge >= 0.3 is 0 Å². The van der Waals surface area contributed by atoms with Gasteiger partial charge < -0.3 is 19.1 Å². The highest BCUT2D eigenvalue weighted by atomic mass is 16.6. The second kappa shape index (κ2) is 7.42. The number of piperidine rings is 1. The van der Waals surface area contributed by atoms with Gasteiger partial charge in [0.15, 0.2) is 11.5 Å². The lowest BCUT2D eigenvalue weighted by molar-refractivity contribution is -0.143. The third-order valence-electron chi connectivity index (χ3n) is 4.70. The predicted molar refractivity (Wildman–Crippen MR) is 98.1 cm³/mol. The van der Waals surface area contributed by atoms with Crippen LogP contribution in [-0.4, -0.2) is 52.7 Å². The minimum Gasteiger partial charge on any atom is -0.485 e. The van der Waals surface area contributed by atoms with Crippen molar-refractivity contribution < 1.29 is 19.0 Å². The molecule has 7 heteroatoms. The van der Waals surface area contributed by atoms with E-state index in [1.807, 2.05) is 44.2 Å². The van der Waals surface area contributed by atoms with Crippen molar-refractivity contribution in [2.24, 2.45) is 0 Å². The van der Waals surface area contributed by atoms with Gasteiger partial charge in [-0.1, -0.05) is 12.1 Å². The molecule has 7 nitrogen and oxygen atoms in total. The largest absolute Gasteiger partial charge is 0.485 e. The molecule has 142 valence electrons. The smallest absolute Gasteiger partial charge is 0.267 e. The van der Waals surface area contributed by atoms with Crippen molar-refractivity contribution in [1.29, 1.82) is 0 Å². The second-order valence-electron chi connectivity index (χ2n) is 6.93. The third kappa shape index (κ3) is 3.97. The zero-order valence-corrected chi connectivity index (χ0v) is 15.6. The van der Waals surface area contributed by atoms with Crippen LogP contribution in [0.4, 0.5) is 0 Å². The molecular formula is C20H23N3O4. The van der Waals surface area contributed by atoms with Crippen molar-refractivity contribution in [3.05, 3.63) is 41.9 Å². The topological polar surface area (TPSA) is 73.8 Å². The van der Waals surface area contributed by atoms with E-state index in [0.29, 0.717) is 36.3 Å². The number of benzene rings is 1. The van der Waals surface area contributed by atoms with Crippen molar-refractivity contribution in [3.8, 4) is 17.4 Å². The first-order chi connectivity index (χ1) is 13.1. The standard InChI is InChI=1S/C20H23N3O4/c1-13-10-19(22-14(2)21-13)26-15-6-5-9-23(11-15)20(24)18-12-25-16-7-3-4-8-17(16)27-18/h3-4,7-8,10,15,18H,5-6,9,11-12H2,1-2H3. The second-order valence-corrected chi connectivity index (χ2v) is 6.93. The average Bonchev–Trinajstić information content (AvgIpc) is 2.66. The SMILES string of the molecule is Cc1cc(OC2CCCN(C(=O)C3COc4ccccc4O3)C2)nc(C)n1. The summed E-state index contributed by atoms with van der Waals surface area (Å²) < 4.78 is 17.6. The molecule has 1 aromatic carbocycles. The number of hydrogen-bond acceptors (Lipinski definition) is 6. The monoisotopic (exact) mass is 369 g/mol. The molecule has 2 atom stereocenters. The van der Waals surface area contributed by atoms with Gasteiger partial charge in [0, 0.05) is 18.3 Å². The molecule has 27 heavy (non-hydrogen) atoms.